The molecule has 4 rings (SSSR count). The third-order valence-electron chi connectivity index (χ3n) is 3.63. The number of aromatic nitrogens is 2. The molecule has 100 valence electrons. The molecule has 0 aliphatic carbocycles. The smallest absolute Gasteiger partial charge is 0.0878 e. The zero-order chi connectivity index (χ0) is 14.1. The Morgan fingerprint density at radius 2 is 1.48 bits per heavy atom. The average Bonchev–Trinajstić information content (AvgIpc) is 3.04. The zero-order valence-corrected chi connectivity index (χ0v) is 11.5. The number of para-hydroxylation sites is 2. The summed E-state index contributed by atoms with van der Waals surface area (Å²) in [6.07, 6.45) is 6.26. The second kappa shape index (κ2) is 4.91. The summed E-state index contributed by atoms with van der Waals surface area (Å²) in [5.74, 6) is 0. The Labute approximate surface area is 123 Å². The standard InChI is InChI=1S/C19H14N2/c1-2-7-15(8-3-1)12-13-17-19-11-6-14-21(19)18-10-5-4-9-16(18)20-17/h1-14H/b13-12+. The molecular weight excluding hydrogens is 256 g/mol. The van der Waals surface area contributed by atoms with Crippen molar-refractivity contribution in [3.63, 3.8) is 0 Å². The first kappa shape index (κ1) is 11.9. The number of fused-ring (bicyclic) bond motifs is 3. The van der Waals surface area contributed by atoms with Crippen LogP contribution in [0.15, 0.2) is 72.9 Å². The third-order valence-corrected chi connectivity index (χ3v) is 3.63. The van der Waals surface area contributed by atoms with E-state index in [1.54, 1.807) is 0 Å². The van der Waals surface area contributed by atoms with Crippen molar-refractivity contribution in [2.45, 2.75) is 0 Å². The van der Waals surface area contributed by atoms with Crippen LogP contribution in [0.2, 0.25) is 0 Å². The molecule has 0 spiro atoms. The Morgan fingerprint density at radius 1 is 0.714 bits per heavy atom. The van der Waals surface area contributed by atoms with Crippen molar-refractivity contribution in [3.05, 3.63) is 84.2 Å². The van der Waals surface area contributed by atoms with Crippen molar-refractivity contribution >= 4 is 28.7 Å². The van der Waals surface area contributed by atoms with Gasteiger partial charge in [0.25, 0.3) is 0 Å². The number of hydrogen-bond acceptors (Lipinski definition) is 1. The van der Waals surface area contributed by atoms with Crippen molar-refractivity contribution in [1.82, 2.24) is 9.38 Å². The van der Waals surface area contributed by atoms with Gasteiger partial charge in [-0.2, -0.15) is 0 Å². The summed E-state index contributed by atoms with van der Waals surface area (Å²) in [5.41, 5.74) is 5.43. The van der Waals surface area contributed by atoms with Crippen molar-refractivity contribution in [2.75, 3.05) is 0 Å². The van der Waals surface area contributed by atoms with Crippen molar-refractivity contribution in [1.29, 1.82) is 0 Å². The Morgan fingerprint density at radius 3 is 2.38 bits per heavy atom. The zero-order valence-electron chi connectivity index (χ0n) is 11.5. The second-order valence-electron chi connectivity index (χ2n) is 4.99. The fourth-order valence-corrected chi connectivity index (χ4v) is 2.61. The van der Waals surface area contributed by atoms with Gasteiger partial charge in [-0.05, 0) is 35.9 Å². The highest BCUT2D eigenvalue weighted by molar-refractivity contribution is 5.85. The van der Waals surface area contributed by atoms with Crippen LogP contribution in [0, 0.1) is 0 Å². The fraction of sp³-hybridized carbons (Fsp3) is 0. The highest BCUT2D eigenvalue weighted by atomic mass is 14.9. The molecule has 2 heteroatoms. The normalized spacial score (nSPS) is 11.6. The largest absolute Gasteiger partial charge is 0.313 e. The van der Waals surface area contributed by atoms with E-state index in [4.69, 9.17) is 4.98 Å². The first-order chi connectivity index (χ1) is 10.4. The highest BCUT2D eigenvalue weighted by Crippen LogP contribution is 2.20. The quantitative estimate of drug-likeness (QED) is 0.518. The van der Waals surface area contributed by atoms with Gasteiger partial charge in [-0.15, -0.1) is 0 Å². The molecule has 0 saturated heterocycles. The minimum absolute atomic E-state index is 0.988. The van der Waals surface area contributed by atoms with Gasteiger partial charge in [0.2, 0.25) is 0 Å². The van der Waals surface area contributed by atoms with Crippen LogP contribution < -0.4 is 0 Å². The van der Waals surface area contributed by atoms with Gasteiger partial charge in [0, 0.05) is 6.20 Å². The van der Waals surface area contributed by atoms with Crippen LogP contribution in [-0.2, 0) is 0 Å². The van der Waals surface area contributed by atoms with Crippen LogP contribution in [0.3, 0.4) is 0 Å². The second-order valence-corrected chi connectivity index (χ2v) is 4.99. The number of rotatable bonds is 2. The SMILES string of the molecule is C(=C\c1nc2ccccc2n2cccc12)/c1ccccc1. The fourth-order valence-electron chi connectivity index (χ4n) is 2.61. The molecule has 0 N–H and O–H groups in total. The van der Waals surface area contributed by atoms with E-state index in [1.165, 1.54) is 5.56 Å². The lowest BCUT2D eigenvalue weighted by Gasteiger charge is -2.05. The van der Waals surface area contributed by atoms with Gasteiger partial charge in [0.05, 0.1) is 22.2 Å². The molecule has 0 radical (unpaired) electrons. The predicted molar refractivity (Wildman–Crippen MR) is 88.1 cm³/mol. The molecule has 4 aromatic rings. The van der Waals surface area contributed by atoms with Crippen LogP contribution in [0.1, 0.15) is 11.3 Å². The van der Waals surface area contributed by atoms with Crippen molar-refractivity contribution < 1.29 is 0 Å². The molecule has 2 heterocycles. The Bertz CT molecular complexity index is 934. The summed E-state index contributed by atoms with van der Waals surface area (Å²) < 4.78 is 2.19. The van der Waals surface area contributed by atoms with Gasteiger partial charge in [0.1, 0.15) is 0 Å². The van der Waals surface area contributed by atoms with Gasteiger partial charge in [-0.3, -0.25) is 0 Å². The lowest BCUT2D eigenvalue weighted by atomic mass is 10.2. The van der Waals surface area contributed by atoms with Gasteiger partial charge >= 0.3 is 0 Å². The molecule has 0 fully saturated rings. The molecule has 0 amide bonds. The van der Waals surface area contributed by atoms with E-state index in [0.717, 1.165) is 22.2 Å². The van der Waals surface area contributed by atoms with Crippen molar-refractivity contribution in [2.24, 2.45) is 0 Å². The summed E-state index contributed by atoms with van der Waals surface area (Å²) in [6, 6.07) is 22.7. The van der Waals surface area contributed by atoms with Crippen LogP contribution in [0.4, 0.5) is 0 Å². The monoisotopic (exact) mass is 270 g/mol. The molecule has 0 aliphatic heterocycles. The highest BCUT2D eigenvalue weighted by Gasteiger charge is 2.04. The Kier molecular flexibility index (Phi) is 2.79. The number of benzene rings is 2. The van der Waals surface area contributed by atoms with E-state index in [2.05, 4.69) is 59.1 Å². The third kappa shape index (κ3) is 2.11. The van der Waals surface area contributed by atoms with Crippen LogP contribution in [-0.4, -0.2) is 9.38 Å². The number of nitrogens with zero attached hydrogens (tertiary/aromatic N) is 2. The lowest BCUT2D eigenvalue weighted by Crippen LogP contribution is -1.93. The minimum atomic E-state index is 0.988. The molecule has 0 bridgehead atoms. The van der Waals surface area contributed by atoms with E-state index in [1.807, 2.05) is 30.3 Å². The predicted octanol–water partition coefficient (Wildman–Crippen LogP) is 4.66. The summed E-state index contributed by atoms with van der Waals surface area (Å²) >= 11 is 0. The molecule has 2 nitrogen and oxygen atoms in total. The molecule has 0 aliphatic rings. The molecule has 0 saturated carbocycles. The van der Waals surface area contributed by atoms with Gasteiger partial charge in [-0.25, -0.2) is 4.98 Å². The molecular formula is C19H14N2. The summed E-state index contributed by atoms with van der Waals surface area (Å²) in [4.78, 5) is 4.78. The lowest BCUT2D eigenvalue weighted by molar-refractivity contribution is 1.22. The van der Waals surface area contributed by atoms with E-state index in [-0.39, 0.29) is 0 Å². The Hall–Kier alpha value is -2.87. The number of hydrogen-bond donors (Lipinski definition) is 0. The molecule has 2 aromatic carbocycles. The van der Waals surface area contributed by atoms with Crippen LogP contribution >= 0.6 is 0 Å². The molecule has 2 aromatic heterocycles. The Balaban J connectivity index is 1.91. The van der Waals surface area contributed by atoms with Gasteiger partial charge in [-0.1, -0.05) is 48.5 Å². The van der Waals surface area contributed by atoms with E-state index >= 15 is 0 Å². The van der Waals surface area contributed by atoms with E-state index in [0.29, 0.717) is 0 Å². The summed E-state index contributed by atoms with van der Waals surface area (Å²) in [7, 11) is 0. The van der Waals surface area contributed by atoms with Gasteiger partial charge < -0.3 is 4.40 Å². The van der Waals surface area contributed by atoms with Crippen LogP contribution in [0.25, 0.3) is 28.7 Å². The van der Waals surface area contributed by atoms with E-state index < -0.39 is 0 Å². The molecule has 0 atom stereocenters. The van der Waals surface area contributed by atoms with Gasteiger partial charge in [0.15, 0.2) is 0 Å². The molecule has 21 heavy (non-hydrogen) atoms. The maximum Gasteiger partial charge on any atom is 0.0878 e. The minimum Gasteiger partial charge on any atom is -0.313 e. The first-order valence-electron chi connectivity index (χ1n) is 7.01. The van der Waals surface area contributed by atoms with Crippen LogP contribution in [0.5, 0.6) is 0 Å². The maximum atomic E-state index is 4.78. The molecule has 0 unspecified atom stereocenters. The maximum absolute atomic E-state index is 4.78. The van der Waals surface area contributed by atoms with E-state index in [9.17, 15) is 0 Å². The summed E-state index contributed by atoms with van der Waals surface area (Å²) in [5, 5.41) is 0. The summed E-state index contributed by atoms with van der Waals surface area (Å²) in [6.45, 7) is 0. The topological polar surface area (TPSA) is 17.3 Å². The first-order valence-corrected chi connectivity index (χ1v) is 7.01. The van der Waals surface area contributed by atoms with Crippen molar-refractivity contribution in [3.8, 4) is 0 Å². The average molecular weight is 270 g/mol.